The molecule has 0 aromatic heterocycles. The Morgan fingerprint density at radius 1 is 0.714 bits per heavy atom. The second-order valence-electron chi connectivity index (χ2n) is 2.12. The summed E-state index contributed by atoms with van der Waals surface area (Å²) in [5.41, 5.74) is 0. The minimum atomic E-state index is -1.90. The Bertz CT molecular complexity index is 388. The SMILES string of the molecule is O=S(Cl)c1c(Cl)c(Cl)c(Cl)c(Cl)c1Cl. The van der Waals surface area contributed by atoms with Crippen molar-refractivity contribution in [1.29, 1.82) is 0 Å². The minimum absolute atomic E-state index is 0.00852. The van der Waals surface area contributed by atoms with Gasteiger partial charge >= 0.3 is 0 Å². The lowest BCUT2D eigenvalue weighted by Gasteiger charge is -2.08. The van der Waals surface area contributed by atoms with Gasteiger partial charge in [0.25, 0.3) is 0 Å². The van der Waals surface area contributed by atoms with Crippen molar-refractivity contribution in [3.63, 3.8) is 0 Å². The van der Waals surface area contributed by atoms with E-state index in [-0.39, 0.29) is 30.0 Å². The molecule has 1 unspecified atom stereocenters. The summed E-state index contributed by atoms with van der Waals surface area (Å²) >= 11 is 28.6. The summed E-state index contributed by atoms with van der Waals surface area (Å²) in [6, 6.07) is 0. The molecule has 0 saturated carbocycles. The zero-order valence-electron chi connectivity index (χ0n) is 6.08. The van der Waals surface area contributed by atoms with Crippen LogP contribution in [0.5, 0.6) is 0 Å². The molecule has 0 radical (unpaired) electrons. The zero-order valence-corrected chi connectivity index (χ0v) is 11.4. The highest BCUT2D eigenvalue weighted by Crippen LogP contribution is 2.45. The van der Waals surface area contributed by atoms with Crippen molar-refractivity contribution in [1.82, 2.24) is 0 Å². The van der Waals surface area contributed by atoms with Gasteiger partial charge in [-0.2, -0.15) is 0 Å². The second kappa shape index (κ2) is 4.96. The van der Waals surface area contributed by atoms with Gasteiger partial charge in [0.2, 0.25) is 0 Å². The van der Waals surface area contributed by atoms with E-state index in [1.807, 2.05) is 0 Å². The summed E-state index contributed by atoms with van der Waals surface area (Å²) in [6.07, 6.45) is 0. The average molecular weight is 333 g/mol. The van der Waals surface area contributed by atoms with Crippen LogP contribution in [0.25, 0.3) is 0 Å². The highest BCUT2D eigenvalue weighted by atomic mass is 35.7. The highest BCUT2D eigenvalue weighted by molar-refractivity contribution is 8.08. The van der Waals surface area contributed by atoms with Gasteiger partial charge in [-0.1, -0.05) is 58.0 Å². The fourth-order valence-electron chi connectivity index (χ4n) is 0.726. The first kappa shape index (κ1) is 13.2. The molecule has 0 spiro atoms. The molecular weight excluding hydrogens is 333 g/mol. The van der Waals surface area contributed by atoms with Crippen molar-refractivity contribution >= 4 is 78.7 Å². The van der Waals surface area contributed by atoms with Gasteiger partial charge in [-0.25, -0.2) is 4.21 Å². The van der Waals surface area contributed by atoms with E-state index in [1.165, 1.54) is 0 Å². The highest BCUT2D eigenvalue weighted by Gasteiger charge is 2.22. The van der Waals surface area contributed by atoms with Gasteiger partial charge in [0.05, 0.1) is 30.0 Å². The van der Waals surface area contributed by atoms with Crippen molar-refractivity contribution in [2.45, 2.75) is 4.90 Å². The van der Waals surface area contributed by atoms with E-state index in [2.05, 4.69) is 0 Å². The first-order valence-corrected chi connectivity index (χ1v) is 6.84. The smallest absolute Gasteiger partial charge is 0.150 e. The molecule has 78 valence electrons. The molecule has 0 bridgehead atoms. The van der Waals surface area contributed by atoms with Gasteiger partial charge in [0, 0.05) is 0 Å². The molecule has 0 aliphatic carbocycles. The van der Waals surface area contributed by atoms with Crippen LogP contribution in [0.2, 0.25) is 25.1 Å². The van der Waals surface area contributed by atoms with E-state index in [0.717, 1.165) is 0 Å². The number of benzene rings is 1. The van der Waals surface area contributed by atoms with Gasteiger partial charge in [-0.3, -0.25) is 0 Å². The standard InChI is InChI=1S/C6Cl6OS/c7-1-2(8)4(10)6(14(12)13)5(11)3(1)9. The summed E-state index contributed by atoms with van der Waals surface area (Å²) in [6.45, 7) is 0. The fraction of sp³-hybridized carbons (Fsp3) is 0. The van der Waals surface area contributed by atoms with Gasteiger partial charge in [-0.15, -0.1) is 0 Å². The molecule has 0 heterocycles. The maximum Gasteiger partial charge on any atom is 0.150 e. The minimum Gasteiger partial charge on any atom is -0.237 e. The first-order valence-electron chi connectivity index (χ1n) is 2.97. The molecule has 0 fully saturated rings. The van der Waals surface area contributed by atoms with Crippen LogP contribution in [0.1, 0.15) is 0 Å². The van der Waals surface area contributed by atoms with Crippen LogP contribution in [0.4, 0.5) is 0 Å². The van der Waals surface area contributed by atoms with E-state index in [0.29, 0.717) is 0 Å². The molecule has 1 rings (SSSR count). The predicted molar refractivity (Wildman–Crippen MR) is 63.8 cm³/mol. The van der Waals surface area contributed by atoms with Crippen LogP contribution >= 0.6 is 68.7 Å². The monoisotopic (exact) mass is 330 g/mol. The average Bonchev–Trinajstić information content (AvgIpc) is 2.11. The zero-order chi connectivity index (χ0) is 11.0. The van der Waals surface area contributed by atoms with Crippen LogP contribution in [0.15, 0.2) is 4.90 Å². The lowest BCUT2D eigenvalue weighted by Crippen LogP contribution is -1.89. The first-order chi connectivity index (χ1) is 6.37. The molecule has 1 aromatic rings. The van der Waals surface area contributed by atoms with Crippen LogP contribution in [-0.2, 0) is 10.0 Å². The molecule has 14 heavy (non-hydrogen) atoms. The van der Waals surface area contributed by atoms with E-state index < -0.39 is 10.0 Å². The van der Waals surface area contributed by atoms with Crippen molar-refractivity contribution in [3.05, 3.63) is 25.1 Å². The van der Waals surface area contributed by atoms with E-state index in [9.17, 15) is 4.21 Å². The lowest BCUT2D eigenvalue weighted by atomic mass is 10.3. The van der Waals surface area contributed by atoms with Gasteiger partial charge in [0.15, 0.2) is 10.0 Å². The van der Waals surface area contributed by atoms with Crippen molar-refractivity contribution < 1.29 is 4.21 Å². The molecule has 1 aromatic carbocycles. The van der Waals surface area contributed by atoms with Crippen molar-refractivity contribution in [2.24, 2.45) is 0 Å². The van der Waals surface area contributed by atoms with Gasteiger partial charge < -0.3 is 0 Å². The Labute approximate surface area is 112 Å². The Morgan fingerprint density at radius 2 is 1.00 bits per heavy atom. The molecule has 0 aliphatic heterocycles. The van der Waals surface area contributed by atoms with Crippen LogP contribution in [0.3, 0.4) is 0 Å². The Morgan fingerprint density at radius 3 is 1.29 bits per heavy atom. The number of hydrogen-bond donors (Lipinski definition) is 0. The molecule has 0 saturated heterocycles. The normalized spacial score (nSPS) is 13.0. The molecule has 8 heteroatoms. The number of hydrogen-bond acceptors (Lipinski definition) is 1. The topological polar surface area (TPSA) is 17.1 Å². The molecule has 0 amide bonds. The van der Waals surface area contributed by atoms with E-state index in [1.54, 1.807) is 0 Å². The third kappa shape index (κ3) is 2.27. The maximum absolute atomic E-state index is 11.1. The predicted octanol–water partition coefficient (Wildman–Crippen LogP) is 5.21. The van der Waals surface area contributed by atoms with Gasteiger partial charge in [-0.05, 0) is 10.7 Å². The van der Waals surface area contributed by atoms with E-state index >= 15 is 0 Å². The molecule has 1 nitrogen and oxygen atoms in total. The second-order valence-corrected chi connectivity index (χ2v) is 5.71. The summed E-state index contributed by atoms with van der Waals surface area (Å²) in [5, 5.41) is -0.147. The Balaban J connectivity index is 3.68. The molecule has 1 atom stereocenters. The van der Waals surface area contributed by atoms with Gasteiger partial charge in [0.1, 0.15) is 0 Å². The summed E-state index contributed by atoms with van der Waals surface area (Å²) in [4.78, 5) is -0.0330. The molecule has 0 N–H and O–H groups in total. The quantitative estimate of drug-likeness (QED) is 0.391. The van der Waals surface area contributed by atoms with Crippen molar-refractivity contribution in [3.8, 4) is 0 Å². The third-order valence-electron chi connectivity index (χ3n) is 1.33. The summed E-state index contributed by atoms with van der Waals surface area (Å²) in [5.74, 6) is 0. The van der Waals surface area contributed by atoms with Crippen LogP contribution < -0.4 is 0 Å². The maximum atomic E-state index is 11.1. The largest absolute Gasteiger partial charge is 0.237 e. The number of rotatable bonds is 1. The summed E-state index contributed by atoms with van der Waals surface area (Å²) in [7, 11) is 3.45. The van der Waals surface area contributed by atoms with Crippen LogP contribution in [0, 0.1) is 0 Å². The Kier molecular flexibility index (Phi) is 4.67. The third-order valence-corrected chi connectivity index (χ3v) is 5.02. The Hall–Kier alpha value is 1.11. The van der Waals surface area contributed by atoms with Crippen LogP contribution in [-0.4, -0.2) is 4.21 Å². The fourth-order valence-corrected chi connectivity index (χ4v) is 3.58. The molecule has 0 aliphatic rings. The number of halogens is 6. The lowest BCUT2D eigenvalue weighted by molar-refractivity contribution is 0.691. The van der Waals surface area contributed by atoms with Crippen molar-refractivity contribution in [2.75, 3.05) is 0 Å². The van der Waals surface area contributed by atoms with E-state index in [4.69, 9.17) is 68.7 Å². The summed E-state index contributed by atoms with van der Waals surface area (Å²) < 4.78 is 11.1. The molecular formula is C6Cl6OS.